The van der Waals surface area contributed by atoms with E-state index in [2.05, 4.69) is 17.1 Å². The van der Waals surface area contributed by atoms with Crippen LogP contribution in [-0.4, -0.2) is 52.3 Å². The third-order valence-electron chi connectivity index (χ3n) is 6.78. The molecular formula is C26H46N2O7. The van der Waals surface area contributed by atoms with Crippen molar-refractivity contribution in [1.29, 1.82) is 0 Å². The number of aliphatic hydroxyl groups is 2. The molecule has 4 atom stereocenters. The summed E-state index contributed by atoms with van der Waals surface area (Å²) in [6.45, 7) is 2.68. The highest BCUT2D eigenvalue weighted by atomic mass is 16.9. The number of carbonyl (C=O) groups is 2. The molecule has 0 aromatic heterocycles. The van der Waals surface area contributed by atoms with E-state index in [1.165, 1.54) is 19.3 Å². The molecule has 1 rings (SSSR count). The van der Waals surface area contributed by atoms with E-state index >= 15 is 0 Å². The molecule has 1 aliphatic carbocycles. The second-order valence-corrected chi connectivity index (χ2v) is 9.65. The Bertz CT molecular complexity index is 641. The van der Waals surface area contributed by atoms with Crippen LogP contribution in [0.25, 0.3) is 0 Å². The number of amides is 1. The fourth-order valence-corrected chi connectivity index (χ4v) is 4.72. The van der Waals surface area contributed by atoms with Crippen molar-refractivity contribution in [3.8, 4) is 0 Å². The van der Waals surface area contributed by atoms with Crippen molar-refractivity contribution in [2.45, 2.75) is 115 Å². The van der Waals surface area contributed by atoms with Crippen LogP contribution in [0.3, 0.4) is 0 Å². The molecule has 0 aromatic carbocycles. The lowest BCUT2D eigenvalue weighted by Crippen LogP contribution is -2.24. The molecule has 0 spiro atoms. The molecule has 0 unspecified atom stereocenters. The quantitative estimate of drug-likeness (QED) is 0.0929. The van der Waals surface area contributed by atoms with Gasteiger partial charge >= 0.3 is 0 Å². The maximum Gasteiger partial charge on any atom is 0.294 e. The Kier molecular flexibility index (Phi) is 17.0. The Morgan fingerprint density at radius 3 is 2.46 bits per heavy atom. The van der Waals surface area contributed by atoms with Crippen molar-refractivity contribution in [3.05, 3.63) is 22.3 Å². The average Bonchev–Trinajstić information content (AvgIpc) is 3.08. The number of Topliss-reactive ketones (excluding diaryl/α,β-unsaturated/α-hetero) is 1. The van der Waals surface area contributed by atoms with Crippen LogP contribution in [0, 0.1) is 22.0 Å². The van der Waals surface area contributed by atoms with Crippen molar-refractivity contribution >= 4 is 11.7 Å². The second-order valence-electron chi connectivity index (χ2n) is 9.65. The SMILES string of the molecule is CCCCCCCC(=O)CC[C@@H]1[C@@H](CC=CCCCC(=O)NCCCCO[N+](=O)[O-])[C@@H](O)C[C@H]1O. The topological polar surface area (TPSA) is 139 Å². The first-order valence-corrected chi connectivity index (χ1v) is 13.4. The minimum atomic E-state index is -0.819. The van der Waals surface area contributed by atoms with E-state index < -0.39 is 17.3 Å². The maximum absolute atomic E-state index is 12.2. The molecule has 1 saturated carbocycles. The first-order chi connectivity index (χ1) is 16.8. The van der Waals surface area contributed by atoms with Crippen LogP contribution in [-0.2, 0) is 14.4 Å². The van der Waals surface area contributed by atoms with Gasteiger partial charge < -0.3 is 20.4 Å². The van der Waals surface area contributed by atoms with Gasteiger partial charge in [-0.25, -0.2) is 0 Å². The van der Waals surface area contributed by atoms with Gasteiger partial charge in [0.15, 0.2) is 0 Å². The highest BCUT2D eigenvalue weighted by Crippen LogP contribution is 2.38. The van der Waals surface area contributed by atoms with Gasteiger partial charge in [-0.05, 0) is 63.2 Å². The number of ketones is 1. The number of rotatable bonds is 21. The Hall–Kier alpha value is -2.00. The number of nitrogens with one attached hydrogen (secondary N) is 1. The van der Waals surface area contributed by atoms with Gasteiger partial charge in [0.2, 0.25) is 5.91 Å². The van der Waals surface area contributed by atoms with Gasteiger partial charge in [-0.2, -0.15) is 0 Å². The van der Waals surface area contributed by atoms with Crippen molar-refractivity contribution in [1.82, 2.24) is 5.32 Å². The maximum atomic E-state index is 12.2. The van der Waals surface area contributed by atoms with Crippen LogP contribution >= 0.6 is 0 Å². The summed E-state index contributed by atoms with van der Waals surface area (Å²) in [4.78, 5) is 38.3. The van der Waals surface area contributed by atoms with Crippen molar-refractivity contribution < 1.29 is 29.7 Å². The Morgan fingerprint density at radius 1 is 0.971 bits per heavy atom. The van der Waals surface area contributed by atoms with Gasteiger partial charge in [0.1, 0.15) is 5.78 Å². The normalized spacial score (nSPS) is 21.9. The third kappa shape index (κ3) is 14.9. The van der Waals surface area contributed by atoms with Gasteiger partial charge in [0.25, 0.3) is 5.09 Å². The van der Waals surface area contributed by atoms with Crippen LogP contribution in [0.1, 0.15) is 103 Å². The highest BCUT2D eigenvalue weighted by molar-refractivity contribution is 5.78. The average molecular weight is 499 g/mol. The standard InChI is InChI=1S/C26H46N2O7/c1-2-3-4-5-8-13-21(29)16-17-23-22(24(30)20-25(23)31)14-9-6-7-10-15-26(32)27-18-11-12-19-35-28(33)34/h6,9,22-25,30-31H,2-5,7-8,10-20H2,1H3,(H,27,32)/t22-,23-,24+,25-/m1/s1. The molecule has 1 aliphatic rings. The lowest BCUT2D eigenvalue weighted by Gasteiger charge is -2.22. The lowest BCUT2D eigenvalue weighted by atomic mass is 9.86. The van der Waals surface area contributed by atoms with E-state index in [4.69, 9.17) is 0 Å². The molecular weight excluding hydrogens is 452 g/mol. The van der Waals surface area contributed by atoms with E-state index in [1.807, 2.05) is 12.2 Å². The molecule has 1 fully saturated rings. The number of allylic oxidation sites excluding steroid dienone is 2. The highest BCUT2D eigenvalue weighted by Gasteiger charge is 2.40. The molecule has 1 amide bonds. The summed E-state index contributed by atoms with van der Waals surface area (Å²) in [6, 6.07) is 0. The van der Waals surface area contributed by atoms with E-state index in [0.29, 0.717) is 64.3 Å². The minimum absolute atomic E-state index is 0.0384. The van der Waals surface area contributed by atoms with Crippen molar-refractivity contribution in [2.75, 3.05) is 13.2 Å². The molecule has 35 heavy (non-hydrogen) atoms. The number of carbonyl (C=O) groups excluding carboxylic acids is 2. The van der Waals surface area contributed by atoms with Gasteiger partial charge in [0, 0.05) is 25.8 Å². The zero-order chi connectivity index (χ0) is 25.9. The summed E-state index contributed by atoms with van der Waals surface area (Å²) in [7, 11) is 0. The number of unbranched alkanes of at least 4 members (excludes halogenated alkanes) is 6. The van der Waals surface area contributed by atoms with Gasteiger partial charge in [-0.15, -0.1) is 10.1 Å². The summed E-state index contributed by atoms with van der Waals surface area (Å²) in [5.74, 6) is 0.118. The van der Waals surface area contributed by atoms with Gasteiger partial charge in [-0.1, -0.05) is 44.8 Å². The summed E-state index contributed by atoms with van der Waals surface area (Å²) in [5, 5.41) is 32.8. The Balaban J connectivity index is 2.20. The molecule has 0 aliphatic heterocycles. The first-order valence-electron chi connectivity index (χ1n) is 13.4. The number of nitrogens with zero attached hydrogens (tertiary/aromatic N) is 1. The van der Waals surface area contributed by atoms with Crippen LogP contribution in [0.2, 0.25) is 0 Å². The fourth-order valence-electron chi connectivity index (χ4n) is 4.72. The lowest BCUT2D eigenvalue weighted by molar-refractivity contribution is -0.757. The molecule has 202 valence electrons. The molecule has 3 N–H and O–H groups in total. The van der Waals surface area contributed by atoms with Crippen molar-refractivity contribution in [3.63, 3.8) is 0 Å². The molecule has 9 heteroatoms. The summed E-state index contributed by atoms with van der Waals surface area (Å²) in [6.07, 6.45) is 14.3. The van der Waals surface area contributed by atoms with Crippen LogP contribution in [0.15, 0.2) is 12.2 Å². The molecule has 0 heterocycles. The van der Waals surface area contributed by atoms with Gasteiger partial charge in [-0.3, -0.25) is 9.59 Å². The predicted molar refractivity (Wildman–Crippen MR) is 134 cm³/mol. The smallest absolute Gasteiger partial charge is 0.294 e. The zero-order valence-corrected chi connectivity index (χ0v) is 21.4. The first kappa shape index (κ1) is 31.0. The number of hydrogen-bond donors (Lipinski definition) is 3. The number of aliphatic hydroxyl groups excluding tert-OH is 2. The zero-order valence-electron chi connectivity index (χ0n) is 21.4. The van der Waals surface area contributed by atoms with E-state index in [9.17, 15) is 29.9 Å². The molecule has 0 saturated heterocycles. The fraction of sp³-hybridized carbons (Fsp3) is 0.846. The predicted octanol–water partition coefficient (Wildman–Crippen LogP) is 4.28. The Morgan fingerprint density at radius 2 is 1.71 bits per heavy atom. The second kappa shape index (κ2) is 19.2. The third-order valence-corrected chi connectivity index (χ3v) is 6.78. The van der Waals surface area contributed by atoms with Crippen LogP contribution in [0.5, 0.6) is 0 Å². The molecule has 0 aromatic rings. The molecule has 9 nitrogen and oxygen atoms in total. The summed E-state index contributed by atoms with van der Waals surface area (Å²) in [5.41, 5.74) is 0. The van der Waals surface area contributed by atoms with E-state index in [-0.39, 0.29) is 30.1 Å². The summed E-state index contributed by atoms with van der Waals surface area (Å²) >= 11 is 0. The molecule has 0 radical (unpaired) electrons. The van der Waals surface area contributed by atoms with Crippen molar-refractivity contribution in [2.24, 2.45) is 11.8 Å². The van der Waals surface area contributed by atoms with E-state index in [0.717, 1.165) is 19.3 Å². The van der Waals surface area contributed by atoms with Crippen LogP contribution in [0.4, 0.5) is 0 Å². The van der Waals surface area contributed by atoms with Crippen LogP contribution < -0.4 is 5.32 Å². The van der Waals surface area contributed by atoms with Gasteiger partial charge in [0.05, 0.1) is 18.8 Å². The number of hydrogen-bond acceptors (Lipinski definition) is 7. The Labute approximate surface area is 209 Å². The monoisotopic (exact) mass is 498 g/mol. The largest absolute Gasteiger partial charge is 0.393 e. The summed E-state index contributed by atoms with van der Waals surface area (Å²) < 4.78 is 0. The minimum Gasteiger partial charge on any atom is -0.393 e. The molecule has 0 bridgehead atoms. The van der Waals surface area contributed by atoms with E-state index in [1.54, 1.807) is 0 Å².